The van der Waals surface area contributed by atoms with Gasteiger partial charge in [-0.25, -0.2) is 0 Å². The highest BCUT2D eigenvalue weighted by Gasteiger charge is 2.15. The largest absolute Gasteiger partial charge is 0.380 e. The molecule has 2 nitrogen and oxygen atoms in total. The third-order valence-corrected chi connectivity index (χ3v) is 3.45. The quantitative estimate of drug-likeness (QED) is 0.881. The van der Waals surface area contributed by atoms with Gasteiger partial charge in [0.15, 0.2) is 0 Å². The highest BCUT2D eigenvalue weighted by atomic mass is 79.9. The molecule has 0 spiro atoms. The zero-order valence-electron chi connectivity index (χ0n) is 8.83. The second-order valence-electron chi connectivity index (χ2n) is 4.21. The molecule has 0 amide bonds. The molecule has 0 unspecified atom stereocenters. The Bertz CT molecular complexity index is 520. The summed E-state index contributed by atoms with van der Waals surface area (Å²) in [6, 6.07) is 13.5. The third kappa shape index (κ3) is 1.93. The monoisotopic (exact) mass is 276 g/mol. The standard InChI is InChI=1S/C13H13BrN2/c14-11-3-1-10-6-12(4-2-9(10)5-11)16-13-7-15-8-13/h1-6,13,15-16H,7-8H2. The minimum atomic E-state index is 0.591. The van der Waals surface area contributed by atoms with Crippen molar-refractivity contribution in [3.63, 3.8) is 0 Å². The molecule has 0 aliphatic carbocycles. The minimum absolute atomic E-state index is 0.591. The summed E-state index contributed by atoms with van der Waals surface area (Å²) >= 11 is 3.49. The molecule has 2 N–H and O–H groups in total. The van der Waals surface area contributed by atoms with E-state index in [0.717, 1.165) is 17.6 Å². The van der Waals surface area contributed by atoms with Crippen LogP contribution in [0, 0.1) is 0 Å². The lowest BCUT2D eigenvalue weighted by Crippen LogP contribution is -2.51. The molecular formula is C13H13BrN2. The number of hydrogen-bond acceptors (Lipinski definition) is 2. The number of hydrogen-bond donors (Lipinski definition) is 2. The van der Waals surface area contributed by atoms with Crippen molar-refractivity contribution in [2.24, 2.45) is 0 Å². The highest BCUT2D eigenvalue weighted by Crippen LogP contribution is 2.23. The molecule has 3 rings (SSSR count). The summed E-state index contributed by atoms with van der Waals surface area (Å²) in [5, 5.41) is 9.32. The smallest absolute Gasteiger partial charge is 0.0510 e. The van der Waals surface area contributed by atoms with E-state index in [4.69, 9.17) is 0 Å². The van der Waals surface area contributed by atoms with Crippen LogP contribution in [-0.4, -0.2) is 19.1 Å². The van der Waals surface area contributed by atoms with Gasteiger partial charge in [-0.15, -0.1) is 0 Å². The first-order valence-electron chi connectivity index (χ1n) is 5.48. The second-order valence-corrected chi connectivity index (χ2v) is 5.12. The van der Waals surface area contributed by atoms with Crippen LogP contribution in [-0.2, 0) is 0 Å². The highest BCUT2D eigenvalue weighted by molar-refractivity contribution is 9.10. The van der Waals surface area contributed by atoms with Gasteiger partial charge in [0.25, 0.3) is 0 Å². The van der Waals surface area contributed by atoms with Crippen molar-refractivity contribution in [3.05, 3.63) is 40.9 Å². The topological polar surface area (TPSA) is 24.1 Å². The van der Waals surface area contributed by atoms with Crippen molar-refractivity contribution in [1.82, 2.24) is 5.32 Å². The van der Waals surface area contributed by atoms with Crippen LogP contribution in [0.1, 0.15) is 0 Å². The van der Waals surface area contributed by atoms with Crippen LogP contribution >= 0.6 is 15.9 Å². The summed E-state index contributed by atoms with van der Waals surface area (Å²) in [6.45, 7) is 2.14. The predicted molar refractivity (Wildman–Crippen MR) is 71.9 cm³/mol. The van der Waals surface area contributed by atoms with Gasteiger partial charge in [0.2, 0.25) is 0 Å². The van der Waals surface area contributed by atoms with Crippen molar-refractivity contribution < 1.29 is 0 Å². The lowest BCUT2D eigenvalue weighted by molar-refractivity contribution is 0.472. The third-order valence-electron chi connectivity index (χ3n) is 2.95. The molecule has 2 aromatic carbocycles. The van der Waals surface area contributed by atoms with E-state index in [9.17, 15) is 0 Å². The van der Waals surface area contributed by atoms with Gasteiger partial charge in [-0.3, -0.25) is 0 Å². The lowest BCUT2D eigenvalue weighted by Gasteiger charge is -2.29. The van der Waals surface area contributed by atoms with Crippen LogP contribution in [0.25, 0.3) is 10.8 Å². The van der Waals surface area contributed by atoms with Gasteiger partial charge < -0.3 is 10.6 Å². The molecule has 1 aliphatic rings. The van der Waals surface area contributed by atoms with Gasteiger partial charge in [0.1, 0.15) is 0 Å². The summed E-state index contributed by atoms with van der Waals surface area (Å²) in [5.74, 6) is 0. The SMILES string of the molecule is Brc1ccc2cc(NC3CNC3)ccc2c1. The van der Waals surface area contributed by atoms with E-state index in [2.05, 4.69) is 63.0 Å². The summed E-state index contributed by atoms with van der Waals surface area (Å²) in [4.78, 5) is 0. The Morgan fingerprint density at radius 3 is 2.56 bits per heavy atom. The van der Waals surface area contributed by atoms with Crippen LogP contribution in [0.3, 0.4) is 0 Å². The summed E-state index contributed by atoms with van der Waals surface area (Å²) < 4.78 is 1.13. The van der Waals surface area contributed by atoms with E-state index in [0.29, 0.717) is 6.04 Å². The number of fused-ring (bicyclic) bond motifs is 1. The number of halogens is 1. The van der Waals surface area contributed by atoms with Crippen molar-refractivity contribution in [2.75, 3.05) is 18.4 Å². The molecule has 0 bridgehead atoms. The molecule has 3 heteroatoms. The van der Waals surface area contributed by atoms with Crippen LogP contribution in [0.5, 0.6) is 0 Å². The average molecular weight is 277 g/mol. The first-order chi connectivity index (χ1) is 7.81. The van der Waals surface area contributed by atoms with E-state index in [1.807, 2.05) is 0 Å². The molecular weight excluding hydrogens is 264 g/mol. The Hall–Kier alpha value is -1.06. The predicted octanol–water partition coefficient (Wildman–Crippen LogP) is 2.99. The first kappa shape index (κ1) is 10.1. The molecule has 1 saturated heterocycles. The van der Waals surface area contributed by atoms with Gasteiger partial charge >= 0.3 is 0 Å². The van der Waals surface area contributed by atoms with Crippen molar-refractivity contribution in [3.8, 4) is 0 Å². The zero-order chi connectivity index (χ0) is 11.0. The van der Waals surface area contributed by atoms with E-state index in [1.165, 1.54) is 16.5 Å². The molecule has 2 aromatic rings. The summed E-state index contributed by atoms with van der Waals surface area (Å²) in [7, 11) is 0. The Morgan fingerprint density at radius 1 is 1.06 bits per heavy atom. The molecule has 1 fully saturated rings. The molecule has 0 radical (unpaired) electrons. The molecule has 1 aliphatic heterocycles. The van der Waals surface area contributed by atoms with Crippen molar-refractivity contribution in [1.29, 1.82) is 0 Å². The fraction of sp³-hybridized carbons (Fsp3) is 0.231. The van der Waals surface area contributed by atoms with Crippen molar-refractivity contribution >= 4 is 32.4 Å². The van der Waals surface area contributed by atoms with E-state index in [-0.39, 0.29) is 0 Å². The molecule has 82 valence electrons. The molecule has 0 atom stereocenters. The zero-order valence-corrected chi connectivity index (χ0v) is 10.4. The Labute approximate surface area is 103 Å². The normalized spacial score (nSPS) is 16.1. The maximum atomic E-state index is 3.51. The Morgan fingerprint density at radius 2 is 1.81 bits per heavy atom. The summed E-state index contributed by atoms with van der Waals surface area (Å²) in [5.41, 5.74) is 1.21. The molecule has 0 aromatic heterocycles. The van der Waals surface area contributed by atoms with Crippen LogP contribution in [0.15, 0.2) is 40.9 Å². The van der Waals surface area contributed by atoms with Crippen LogP contribution in [0.4, 0.5) is 5.69 Å². The fourth-order valence-corrected chi connectivity index (χ4v) is 2.31. The number of rotatable bonds is 2. The van der Waals surface area contributed by atoms with Crippen molar-refractivity contribution in [2.45, 2.75) is 6.04 Å². The van der Waals surface area contributed by atoms with Gasteiger partial charge in [0.05, 0.1) is 6.04 Å². The Balaban J connectivity index is 1.92. The minimum Gasteiger partial charge on any atom is -0.380 e. The van der Waals surface area contributed by atoms with E-state index < -0.39 is 0 Å². The van der Waals surface area contributed by atoms with Gasteiger partial charge in [-0.2, -0.15) is 0 Å². The number of nitrogens with one attached hydrogen (secondary N) is 2. The Kier molecular flexibility index (Phi) is 2.58. The number of benzene rings is 2. The van der Waals surface area contributed by atoms with E-state index in [1.54, 1.807) is 0 Å². The maximum absolute atomic E-state index is 3.51. The molecule has 1 heterocycles. The second kappa shape index (κ2) is 4.07. The van der Waals surface area contributed by atoms with Gasteiger partial charge in [-0.1, -0.05) is 28.1 Å². The maximum Gasteiger partial charge on any atom is 0.0510 e. The lowest BCUT2D eigenvalue weighted by atomic mass is 10.1. The number of anilines is 1. The molecule has 16 heavy (non-hydrogen) atoms. The van der Waals surface area contributed by atoms with Gasteiger partial charge in [-0.05, 0) is 35.0 Å². The first-order valence-corrected chi connectivity index (χ1v) is 6.27. The van der Waals surface area contributed by atoms with Gasteiger partial charge in [0, 0.05) is 23.2 Å². The van der Waals surface area contributed by atoms with Crippen LogP contribution in [0.2, 0.25) is 0 Å². The van der Waals surface area contributed by atoms with Crippen LogP contribution < -0.4 is 10.6 Å². The molecule has 0 saturated carbocycles. The van der Waals surface area contributed by atoms with E-state index >= 15 is 0 Å². The fourth-order valence-electron chi connectivity index (χ4n) is 1.93. The summed E-state index contributed by atoms with van der Waals surface area (Å²) in [6.07, 6.45) is 0. The average Bonchev–Trinajstić information content (AvgIpc) is 2.23.